The normalized spacial score (nSPS) is 36.8. The molecule has 216 valence electrons. The Hall–Kier alpha value is -0.990. The second kappa shape index (κ2) is 11.7. The molecule has 0 amide bonds. The molecule has 0 aliphatic heterocycles. The lowest BCUT2D eigenvalue weighted by atomic mass is 9.44. The van der Waals surface area contributed by atoms with Crippen molar-refractivity contribution in [1.82, 2.24) is 0 Å². The van der Waals surface area contributed by atoms with Crippen LogP contribution in [0.4, 0.5) is 0 Å². The van der Waals surface area contributed by atoms with Gasteiger partial charge in [-0.3, -0.25) is 0 Å². The zero-order valence-electron chi connectivity index (χ0n) is 24.9. The average Bonchev–Trinajstić information content (AvgIpc) is 2.87. The molecular weight excluding hydrogens is 523 g/mol. The lowest BCUT2D eigenvalue weighted by Crippen LogP contribution is -2.52. The Bertz CT molecular complexity index is 1080. The average molecular weight is 574 g/mol. The fourth-order valence-electron chi connectivity index (χ4n) is 9.47. The summed E-state index contributed by atoms with van der Waals surface area (Å²) in [6.07, 6.45) is 17.9. The Kier molecular flexibility index (Phi) is 8.86. The third-order valence-electron chi connectivity index (χ3n) is 11.8. The zero-order valence-corrected chi connectivity index (χ0v) is 26.4. The van der Waals surface area contributed by atoms with Crippen molar-refractivity contribution in [1.29, 1.82) is 0 Å². The molecule has 0 bridgehead atoms. The Morgan fingerprint density at radius 3 is 2.56 bits per heavy atom. The highest BCUT2D eigenvalue weighted by Crippen LogP contribution is 2.65. The Morgan fingerprint density at radius 2 is 1.82 bits per heavy atom. The van der Waals surface area contributed by atoms with Gasteiger partial charge in [0.25, 0.3) is 0 Å². The van der Waals surface area contributed by atoms with E-state index in [1.54, 1.807) is 23.8 Å². The van der Waals surface area contributed by atoms with Gasteiger partial charge in [-0.1, -0.05) is 88.7 Å². The molecule has 39 heavy (non-hydrogen) atoms. The summed E-state index contributed by atoms with van der Waals surface area (Å²) in [7, 11) is 0. The van der Waals surface area contributed by atoms with Crippen LogP contribution in [0, 0.1) is 46.3 Å². The molecule has 0 spiro atoms. The summed E-state index contributed by atoms with van der Waals surface area (Å²) in [5.41, 5.74) is 2.73. The summed E-state index contributed by atoms with van der Waals surface area (Å²) in [6.45, 7) is 12.4. The number of ether oxygens (including phenoxy) is 1. The number of allylic oxidation sites excluding steroid dienone is 1. The van der Waals surface area contributed by atoms with Gasteiger partial charge in [0.1, 0.15) is 6.10 Å². The topological polar surface area (TPSA) is 26.3 Å². The minimum atomic E-state index is -0.330. The van der Waals surface area contributed by atoms with Gasteiger partial charge in [-0.15, -0.1) is 0 Å². The van der Waals surface area contributed by atoms with E-state index in [-0.39, 0.29) is 17.5 Å². The molecule has 0 radical (unpaired) electrons. The van der Waals surface area contributed by atoms with Crippen LogP contribution in [-0.4, -0.2) is 12.1 Å². The lowest BCUT2D eigenvalue weighted by molar-refractivity contribution is -0.0866. The minimum Gasteiger partial charge on any atom is -0.458 e. The maximum Gasteiger partial charge on any atom is 0.339 e. The molecule has 0 N–H and O–H groups in total. The van der Waals surface area contributed by atoms with Crippen LogP contribution in [0.5, 0.6) is 0 Å². The van der Waals surface area contributed by atoms with Crippen LogP contribution in [0.2, 0.25) is 10.0 Å². The minimum absolute atomic E-state index is 0.0680. The molecule has 0 aromatic heterocycles. The number of benzene rings is 1. The van der Waals surface area contributed by atoms with E-state index >= 15 is 0 Å². The standard InChI is InChI=1S/C35H50Cl2O2/c1-22(2)7-6-8-23(3)24-9-14-30-28-12-10-25-19-27(39-33(38)29-13-11-26(36)20-32(29)37)15-18-35(25,5)31(28)16-17-34(30,4)21-24/h10-11,13,20,22-24,27-28,30-31H,6-9,12,14-19,21H2,1-5H3/t23-,24+,27+,28-,30+,31+,34-,35-/m0/s1. The molecule has 0 unspecified atom stereocenters. The maximum atomic E-state index is 12.9. The number of fused-ring (bicyclic) bond motifs is 5. The smallest absolute Gasteiger partial charge is 0.339 e. The molecule has 4 aliphatic carbocycles. The zero-order chi connectivity index (χ0) is 27.9. The summed E-state index contributed by atoms with van der Waals surface area (Å²) in [4.78, 5) is 12.9. The fourth-order valence-corrected chi connectivity index (χ4v) is 9.96. The van der Waals surface area contributed by atoms with Crippen LogP contribution in [0.3, 0.4) is 0 Å². The molecule has 1 aromatic rings. The van der Waals surface area contributed by atoms with E-state index in [0.29, 0.717) is 21.0 Å². The number of carbonyl (C=O) groups is 1. The van der Waals surface area contributed by atoms with E-state index in [4.69, 9.17) is 27.9 Å². The van der Waals surface area contributed by atoms with Crippen LogP contribution in [0.1, 0.15) is 122 Å². The van der Waals surface area contributed by atoms with E-state index < -0.39 is 0 Å². The first-order valence-electron chi connectivity index (χ1n) is 15.9. The quantitative estimate of drug-likeness (QED) is 0.240. The molecule has 3 fully saturated rings. The predicted octanol–water partition coefficient (Wildman–Crippen LogP) is 11.0. The molecule has 4 heteroatoms. The molecule has 5 rings (SSSR count). The van der Waals surface area contributed by atoms with E-state index in [0.717, 1.165) is 54.8 Å². The summed E-state index contributed by atoms with van der Waals surface area (Å²) < 4.78 is 6.00. The number of hydrogen-bond acceptors (Lipinski definition) is 2. The molecule has 2 nitrogen and oxygen atoms in total. The highest BCUT2D eigenvalue weighted by atomic mass is 35.5. The van der Waals surface area contributed by atoms with Crippen LogP contribution in [0.25, 0.3) is 0 Å². The van der Waals surface area contributed by atoms with Crippen molar-refractivity contribution < 1.29 is 9.53 Å². The maximum absolute atomic E-state index is 12.9. The van der Waals surface area contributed by atoms with Crippen molar-refractivity contribution in [2.75, 3.05) is 0 Å². The molecule has 0 saturated heterocycles. The first-order chi connectivity index (χ1) is 18.5. The summed E-state index contributed by atoms with van der Waals surface area (Å²) >= 11 is 12.3. The number of carbonyl (C=O) groups excluding carboxylic acids is 1. The number of hydrogen-bond donors (Lipinski definition) is 0. The van der Waals surface area contributed by atoms with Crippen molar-refractivity contribution in [3.8, 4) is 0 Å². The van der Waals surface area contributed by atoms with Crippen molar-refractivity contribution in [2.45, 2.75) is 118 Å². The van der Waals surface area contributed by atoms with Gasteiger partial charge in [0.2, 0.25) is 0 Å². The fraction of sp³-hybridized carbons (Fsp3) is 0.743. The van der Waals surface area contributed by atoms with Gasteiger partial charge in [0, 0.05) is 11.4 Å². The number of rotatable bonds is 7. The van der Waals surface area contributed by atoms with Crippen molar-refractivity contribution >= 4 is 29.2 Å². The lowest BCUT2D eigenvalue weighted by Gasteiger charge is -2.61. The Labute approximate surface area is 247 Å². The molecule has 8 atom stereocenters. The summed E-state index contributed by atoms with van der Waals surface area (Å²) in [5.74, 6) is 4.75. The molecule has 4 aliphatic rings. The van der Waals surface area contributed by atoms with Gasteiger partial charge < -0.3 is 4.74 Å². The van der Waals surface area contributed by atoms with Crippen LogP contribution in [-0.2, 0) is 4.74 Å². The largest absolute Gasteiger partial charge is 0.458 e. The van der Waals surface area contributed by atoms with Crippen molar-refractivity contribution in [3.05, 3.63) is 45.5 Å². The third kappa shape index (κ3) is 5.99. The van der Waals surface area contributed by atoms with E-state index in [2.05, 4.69) is 40.7 Å². The van der Waals surface area contributed by atoms with Gasteiger partial charge in [0.15, 0.2) is 0 Å². The van der Waals surface area contributed by atoms with Crippen LogP contribution >= 0.6 is 23.2 Å². The Balaban J connectivity index is 1.23. The highest BCUT2D eigenvalue weighted by Gasteiger charge is 2.56. The predicted molar refractivity (Wildman–Crippen MR) is 163 cm³/mol. The first-order valence-corrected chi connectivity index (χ1v) is 16.6. The molecule has 0 heterocycles. The van der Waals surface area contributed by atoms with Crippen molar-refractivity contribution in [3.63, 3.8) is 0 Å². The van der Waals surface area contributed by atoms with Crippen molar-refractivity contribution in [2.24, 2.45) is 46.3 Å². The molecular formula is C35H50Cl2O2. The van der Waals surface area contributed by atoms with Gasteiger partial charge in [-0.2, -0.15) is 0 Å². The summed E-state index contributed by atoms with van der Waals surface area (Å²) in [5, 5.41) is 0.887. The Morgan fingerprint density at radius 1 is 1.03 bits per heavy atom. The second-order valence-corrected chi connectivity index (χ2v) is 15.5. The van der Waals surface area contributed by atoms with Gasteiger partial charge in [-0.05, 0) is 116 Å². The SMILES string of the molecule is CC(C)CCC[C@H](C)[C@@H]1CC[C@@H]2[C@@H]3CC=C4C[C@H](OC(=O)c5ccc(Cl)cc5Cl)CC[C@]4(C)[C@@H]3CC[C@@]2(C)C1. The third-order valence-corrected chi connectivity index (χ3v) is 12.4. The van der Waals surface area contributed by atoms with E-state index in [1.807, 2.05) is 0 Å². The van der Waals surface area contributed by atoms with E-state index in [1.165, 1.54) is 57.8 Å². The van der Waals surface area contributed by atoms with Crippen LogP contribution in [0.15, 0.2) is 29.8 Å². The highest BCUT2D eigenvalue weighted by molar-refractivity contribution is 6.36. The first kappa shape index (κ1) is 29.5. The monoisotopic (exact) mass is 572 g/mol. The van der Waals surface area contributed by atoms with Gasteiger partial charge in [-0.25, -0.2) is 4.79 Å². The summed E-state index contributed by atoms with van der Waals surface area (Å²) in [6, 6.07) is 4.98. The van der Waals surface area contributed by atoms with Crippen LogP contribution < -0.4 is 0 Å². The number of halogens is 2. The number of esters is 1. The van der Waals surface area contributed by atoms with Gasteiger partial charge >= 0.3 is 5.97 Å². The van der Waals surface area contributed by atoms with Gasteiger partial charge in [0.05, 0.1) is 10.6 Å². The van der Waals surface area contributed by atoms with E-state index in [9.17, 15) is 4.79 Å². The molecule has 1 aromatic carbocycles. The molecule has 3 saturated carbocycles. The second-order valence-electron chi connectivity index (χ2n) is 14.7.